The summed E-state index contributed by atoms with van der Waals surface area (Å²) in [4.78, 5) is 15.1. The van der Waals surface area contributed by atoms with Gasteiger partial charge in [0.05, 0.1) is 5.41 Å². The largest absolute Gasteiger partial charge is 0.354 e. The van der Waals surface area contributed by atoms with Crippen molar-refractivity contribution in [2.24, 2.45) is 5.41 Å². The molecule has 0 aromatic rings. The van der Waals surface area contributed by atoms with E-state index in [-0.39, 0.29) is 11.0 Å². The van der Waals surface area contributed by atoms with Crippen LogP contribution in [-0.4, -0.2) is 50.1 Å². The summed E-state index contributed by atoms with van der Waals surface area (Å²) in [6.07, 6.45) is 9.24. The maximum absolute atomic E-state index is 12.8. The van der Waals surface area contributed by atoms with Crippen molar-refractivity contribution < 1.29 is 4.79 Å². The second-order valence-electron chi connectivity index (χ2n) is 7.25. The molecule has 1 saturated carbocycles. The van der Waals surface area contributed by atoms with E-state index >= 15 is 0 Å². The van der Waals surface area contributed by atoms with Crippen molar-refractivity contribution in [3.63, 3.8) is 0 Å². The maximum Gasteiger partial charge on any atom is 0.226 e. The zero-order valence-corrected chi connectivity index (χ0v) is 14.1. The van der Waals surface area contributed by atoms with Crippen molar-refractivity contribution in [3.05, 3.63) is 0 Å². The average molecular weight is 295 g/mol. The minimum Gasteiger partial charge on any atom is -0.354 e. The molecule has 1 heterocycles. The molecule has 122 valence electrons. The first-order valence-electron chi connectivity index (χ1n) is 8.71. The van der Waals surface area contributed by atoms with Crippen molar-refractivity contribution >= 4 is 5.91 Å². The van der Waals surface area contributed by atoms with Gasteiger partial charge in [-0.15, -0.1) is 0 Å². The van der Waals surface area contributed by atoms with E-state index in [0.29, 0.717) is 5.91 Å². The molecule has 2 rings (SSSR count). The second-order valence-corrected chi connectivity index (χ2v) is 7.25. The summed E-state index contributed by atoms with van der Waals surface area (Å²) in [7, 11) is 4.33. The number of amides is 1. The van der Waals surface area contributed by atoms with Crippen molar-refractivity contribution in [1.29, 1.82) is 0 Å². The van der Waals surface area contributed by atoms with Gasteiger partial charge >= 0.3 is 0 Å². The normalized spacial score (nSPS) is 24.8. The van der Waals surface area contributed by atoms with Crippen LogP contribution in [0.15, 0.2) is 0 Å². The molecular weight excluding hydrogens is 262 g/mol. The van der Waals surface area contributed by atoms with E-state index in [2.05, 4.69) is 36.6 Å². The van der Waals surface area contributed by atoms with Crippen molar-refractivity contribution in [3.8, 4) is 0 Å². The van der Waals surface area contributed by atoms with E-state index in [4.69, 9.17) is 0 Å². The topological polar surface area (TPSA) is 44.4 Å². The molecule has 1 aliphatic heterocycles. The van der Waals surface area contributed by atoms with E-state index < -0.39 is 0 Å². The Morgan fingerprint density at radius 2 is 1.71 bits per heavy atom. The van der Waals surface area contributed by atoms with Gasteiger partial charge in [-0.2, -0.15) is 0 Å². The molecule has 1 aliphatic carbocycles. The highest BCUT2D eigenvalue weighted by Gasteiger charge is 2.40. The lowest BCUT2D eigenvalue weighted by Gasteiger charge is -2.44. The van der Waals surface area contributed by atoms with Gasteiger partial charge in [-0.25, -0.2) is 0 Å². The quantitative estimate of drug-likeness (QED) is 0.817. The third-order valence-corrected chi connectivity index (χ3v) is 6.03. The van der Waals surface area contributed by atoms with Crippen LogP contribution in [0.25, 0.3) is 0 Å². The summed E-state index contributed by atoms with van der Waals surface area (Å²) in [5.74, 6) is 0.290. The molecule has 4 heteroatoms. The number of nitrogens with one attached hydrogen (secondary N) is 2. The van der Waals surface area contributed by atoms with Gasteiger partial charge in [-0.1, -0.05) is 26.2 Å². The third-order valence-electron chi connectivity index (χ3n) is 6.03. The zero-order chi connectivity index (χ0) is 15.3. The van der Waals surface area contributed by atoms with Crippen LogP contribution in [0.3, 0.4) is 0 Å². The molecule has 0 aromatic heterocycles. The molecule has 0 aromatic carbocycles. The Labute approximate surface area is 130 Å². The number of carbonyl (C=O) groups excluding carboxylic acids is 1. The standard InChI is InChI=1S/C17H33N3O/c1-4-16(10-12-18-13-11-16)15(21)19-14-17(20(2)3)8-6-5-7-9-17/h18H,4-14H2,1-3H3,(H,19,21). The van der Waals surface area contributed by atoms with E-state index in [1.807, 2.05) is 0 Å². The van der Waals surface area contributed by atoms with Gasteiger partial charge in [-0.3, -0.25) is 4.79 Å². The van der Waals surface area contributed by atoms with Gasteiger partial charge in [-0.05, 0) is 59.3 Å². The molecule has 0 unspecified atom stereocenters. The Hall–Kier alpha value is -0.610. The number of rotatable bonds is 5. The van der Waals surface area contributed by atoms with Crippen LogP contribution < -0.4 is 10.6 Å². The van der Waals surface area contributed by atoms with Crippen LogP contribution in [0.4, 0.5) is 0 Å². The Kier molecular flexibility index (Phi) is 5.67. The molecule has 0 spiro atoms. The van der Waals surface area contributed by atoms with Crippen LogP contribution in [0.2, 0.25) is 0 Å². The summed E-state index contributed by atoms with van der Waals surface area (Å²) < 4.78 is 0. The van der Waals surface area contributed by atoms with Crippen LogP contribution in [0.1, 0.15) is 58.3 Å². The minimum absolute atomic E-state index is 0.132. The van der Waals surface area contributed by atoms with Crippen LogP contribution in [0, 0.1) is 5.41 Å². The molecule has 0 atom stereocenters. The lowest BCUT2D eigenvalue weighted by Crippen LogP contribution is -2.56. The first-order chi connectivity index (χ1) is 10.0. The Bertz CT molecular complexity index is 342. The summed E-state index contributed by atoms with van der Waals surface area (Å²) in [6.45, 7) is 4.92. The molecule has 2 N–H and O–H groups in total. The number of carbonyl (C=O) groups is 1. The van der Waals surface area contributed by atoms with Crippen LogP contribution >= 0.6 is 0 Å². The van der Waals surface area contributed by atoms with Gasteiger partial charge in [0.2, 0.25) is 5.91 Å². The Morgan fingerprint density at radius 1 is 1.10 bits per heavy atom. The highest BCUT2D eigenvalue weighted by molar-refractivity contribution is 5.82. The SMILES string of the molecule is CCC1(C(=O)NCC2(N(C)C)CCCCC2)CCNCC1. The first-order valence-corrected chi connectivity index (χ1v) is 8.71. The second kappa shape index (κ2) is 7.10. The van der Waals surface area contributed by atoms with Gasteiger partial charge < -0.3 is 15.5 Å². The number of piperidine rings is 1. The smallest absolute Gasteiger partial charge is 0.226 e. The predicted molar refractivity (Wildman–Crippen MR) is 87.3 cm³/mol. The lowest BCUT2D eigenvalue weighted by atomic mass is 9.75. The number of likely N-dealkylation sites (N-methyl/N-ethyl adjacent to an activating group) is 1. The fourth-order valence-electron chi connectivity index (χ4n) is 4.07. The summed E-state index contributed by atoms with van der Waals surface area (Å²) in [5, 5.41) is 6.70. The van der Waals surface area contributed by atoms with Crippen LogP contribution in [-0.2, 0) is 4.79 Å². The van der Waals surface area contributed by atoms with Gasteiger partial charge in [0.15, 0.2) is 0 Å². The minimum atomic E-state index is -0.132. The van der Waals surface area contributed by atoms with Crippen molar-refractivity contribution in [2.75, 3.05) is 33.7 Å². The average Bonchev–Trinajstić information content (AvgIpc) is 2.54. The molecule has 0 radical (unpaired) electrons. The molecule has 1 saturated heterocycles. The van der Waals surface area contributed by atoms with E-state index in [0.717, 1.165) is 38.9 Å². The highest BCUT2D eigenvalue weighted by atomic mass is 16.2. The van der Waals surface area contributed by atoms with Gasteiger partial charge in [0, 0.05) is 12.1 Å². The fourth-order valence-corrected chi connectivity index (χ4v) is 4.07. The maximum atomic E-state index is 12.8. The molecule has 0 bridgehead atoms. The fraction of sp³-hybridized carbons (Fsp3) is 0.941. The molecular formula is C17H33N3O. The molecule has 21 heavy (non-hydrogen) atoms. The zero-order valence-electron chi connectivity index (χ0n) is 14.1. The lowest BCUT2D eigenvalue weighted by molar-refractivity contribution is -0.133. The Balaban J connectivity index is 1.97. The van der Waals surface area contributed by atoms with E-state index in [1.54, 1.807) is 0 Å². The third kappa shape index (κ3) is 3.59. The summed E-state index contributed by atoms with van der Waals surface area (Å²) >= 11 is 0. The number of hydrogen-bond acceptors (Lipinski definition) is 3. The Morgan fingerprint density at radius 3 is 2.24 bits per heavy atom. The summed E-state index contributed by atoms with van der Waals surface area (Å²) in [5.41, 5.74) is 0.0448. The highest BCUT2D eigenvalue weighted by Crippen LogP contribution is 2.34. The van der Waals surface area contributed by atoms with E-state index in [1.165, 1.54) is 32.1 Å². The van der Waals surface area contributed by atoms with Gasteiger partial charge in [0.1, 0.15) is 0 Å². The number of nitrogens with zero attached hydrogens (tertiary/aromatic N) is 1. The monoisotopic (exact) mass is 295 g/mol. The van der Waals surface area contributed by atoms with Gasteiger partial charge in [0.25, 0.3) is 0 Å². The van der Waals surface area contributed by atoms with E-state index in [9.17, 15) is 4.79 Å². The molecule has 1 amide bonds. The summed E-state index contributed by atoms with van der Waals surface area (Å²) in [6, 6.07) is 0. The molecule has 2 fully saturated rings. The first kappa shape index (κ1) is 16.8. The molecule has 4 nitrogen and oxygen atoms in total. The molecule has 2 aliphatic rings. The predicted octanol–water partition coefficient (Wildman–Crippen LogP) is 2.15. The number of hydrogen-bond donors (Lipinski definition) is 2. The van der Waals surface area contributed by atoms with Crippen molar-refractivity contribution in [1.82, 2.24) is 15.5 Å². The van der Waals surface area contributed by atoms with Crippen molar-refractivity contribution in [2.45, 2.75) is 63.8 Å². The van der Waals surface area contributed by atoms with Crippen LogP contribution in [0.5, 0.6) is 0 Å².